The number of methoxy groups -OCH3 is 1. The van der Waals surface area contributed by atoms with Gasteiger partial charge < -0.3 is 9.84 Å². The number of sulfonamides is 1. The molecular weight excluding hydrogens is 342 g/mol. The van der Waals surface area contributed by atoms with Crippen LogP contribution in [0.5, 0.6) is 5.75 Å². The molecule has 7 heteroatoms. The number of carboxylic acid groups (broad SMARTS) is 1. The lowest BCUT2D eigenvalue weighted by Crippen LogP contribution is -2.33. The Bertz CT molecular complexity index is 834. The lowest BCUT2D eigenvalue weighted by atomic mass is 10.1. The summed E-state index contributed by atoms with van der Waals surface area (Å²) in [6, 6.07) is 13.5. The largest absolute Gasteiger partial charge is 0.496 e. The third kappa shape index (κ3) is 4.37. The van der Waals surface area contributed by atoms with E-state index in [-0.39, 0.29) is 16.2 Å². The topological polar surface area (TPSA) is 83.9 Å². The Balaban J connectivity index is 2.28. The second-order valence-electron chi connectivity index (χ2n) is 5.40. The molecule has 0 aliphatic rings. The number of likely N-dealkylation sites (N-methyl/N-ethyl adjacent to an activating group) is 1. The van der Waals surface area contributed by atoms with Crippen LogP contribution in [-0.2, 0) is 16.4 Å². The van der Waals surface area contributed by atoms with Crippen LogP contribution in [0.4, 0.5) is 0 Å². The van der Waals surface area contributed by atoms with Crippen LogP contribution in [0, 0.1) is 0 Å². The van der Waals surface area contributed by atoms with Crippen LogP contribution >= 0.6 is 0 Å². The van der Waals surface area contributed by atoms with Crippen molar-refractivity contribution in [2.45, 2.75) is 18.2 Å². The van der Waals surface area contributed by atoms with Gasteiger partial charge in [0.15, 0.2) is 0 Å². The molecular formula is C18H21NO5S. The van der Waals surface area contributed by atoms with Gasteiger partial charge in [-0.3, -0.25) is 0 Å². The number of aromatic carboxylic acids is 1. The zero-order valence-electron chi connectivity index (χ0n) is 14.2. The first-order chi connectivity index (χ1) is 11.9. The zero-order valence-corrected chi connectivity index (χ0v) is 15.0. The summed E-state index contributed by atoms with van der Waals surface area (Å²) in [4.78, 5) is 11.3. The van der Waals surface area contributed by atoms with Gasteiger partial charge in [0.2, 0.25) is 10.0 Å². The van der Waals surface area contributed by atoms with Gasteiger partial charge in [-0.2, -0.15) is 4.31 Å². The minimum Gasteiger partial charge on any atom is -0.496 e. The molecule has 1 N–H and O–H groups in total. The van der Waals surface area contributed by atoms with Crippen LogP contribution in [0.3, 0.4) is 0 Å². The highest BCUT2D eigenvalue weighted by molar-refractivity contribution is 7.89. The Morgan fingerprint density at radius 3 is 2.40 bits per heavy atom. The minimum atomic E-state index is -3.79. The van der Waals surface area contributed by atoms with E-state index >= 15 is 0 Å². The van der Waals surface area contributed by atoms with Gasteiger partial charge in [0, 0.05) is 13.1 Å². The molecule has 2 aromatic carbocycles. The highest BCUT2D eigenvalue weighted by Gasteiger charge is 2.25. The molecule has 0 aromatic heterocycles. The van der Waals surface area contributed by atoms with E-state index in [0.29, 0.717) is 19.5 Å². The number of carboxylic acids is 1. The van der Waals surface area contributed by atoms with Crippen LogP contribution in [0.1, 0.15) is 22.8 Å². The van der Waals surface area contributed by atoms with Gasteiger partial charge in [-0.1, -0.05) is 37.3 Å². The number of benzene rings is 2. The number of carbonyl (C=O) groups is 1. The third-order valence-electron chi connectivity index (χ3n) is 3.88. The molecule has 0 aliphatic carbocycles. The molecule has 0 heterocycles. The van der Waals surface area contributed by atoms with Gasteiger partial charge in [0.05, 0.1) is 12.0 Å². The fourth-order valence-electron chi connectivity index (χ4n) is 2.51. The van der Waals surface area contributed by atoms with Crippen LogP contribution in [0.2, 0.25) is 0 Å². The van der Waals surface area contributed by atoms with E-state index in [0.717, 1.165) is 11.6 Å². The van der Waals surface area contributed by atoms with Crippen LogP contribution in [0.15, 0.2) is 53.4 Å². The van der Waals surface area contributed by atoms with Gasteiger partial charge in [-0.15, -0.1) is 0 Å². The number of nitrogens with zero attached hydrogens (tertiary/aromatic N) is 1. The molecule has 0 saturated carbocycles. The lowest BCUT2D eigenvalue weighted by Gasteiger charge is -2.21. The molecule has 0 atom stereocenters. The van der Waals surface area contributed by atoms with Crippen molar-refractivity contribution in [3.63, 3.8) is 0 Å². The summed E-state index contributed by atoms with van der Waals surface area (Å²) in [5.74, 6) is -1.11. The average molecular weight is 363 g/mol. The summed E-state index contributed by atoms with van der Waals surface area (Å²) >= 11 is 0. The Labute approximate surface area is 147 Å². The molecule has 0 spiro atoms. The lowest BCUT2D eigenvalue weighted by molar-refractivity contribution is 0.0693. The summed E-state index contributed by atoms with van der Waals surface area (Å²) in [5, 5.41) is 9.25. The van der Waals surface area contributed by atoms with E-state index in [1.165, 1.54) is 23.5 Å². The molecule has 0 bridgehead atoms. The summed E-state index contributed by atoms with van der Waals surface area (Å²) in [6.45, 7) is 2.37. The predicted molar refractivity (Wildman–Crippen MR) is 94.5 cm³/mol. The maximum absolute atomic E-state index is 12.9. The van der Waals surface area contributed by atoms with Gasteiger partial charge >= 0.3 is 5.97 Å². The van der Waals surface area contributed by atoms with Crippen molar-refractivity contribution in [2.24, 2.45) is 0 Å². The fraction of sp³-hybridized carbons (Fsp3) is 0.278. The summed E-state index contributed by atoms with van der Waals surface area (Å²) in [7, 11) is -2.45. The minimum absolute atomic E-state index is 0.0550. The van der Waals surface area contributed by atoms with E-state index in [4.69, 9.17) is 4.74 Å². The van der Waals surface area contributed by atoms with Crippen molar-refractivity contribution < 1.29 is 23.1 Å². The summed E-state index contributed by atoms with van der Waals surface area (Å²) in [5.41, 5.74) is 0.861. The van der Waals surface area contributed by atoms with Crippen LogP contribution < -0.4 is 4.74 Å². The third-order valence-corrected chi connectivity index (χ3v) is 5.85. The SMILES string of the molecule is CCN(CCc1ccccc1)S(=O)(=O)c1ccc(OC)c(C(=O)O)c1. The Morgan fingerprint density at radius 2 is 1.84 bits per heavy atom. The van der Waals surface area contributed by atoms with Gasteiger partial charge in [-0.05, 0) is 30.2 Å². The number of hydrogen-bond acceptors (Lipinski definition) is 4. The quantitative estimate of drug-likeness (QED) is 0.779. The molecule has 0 aliphatic heterocycles. The second kappa shape index (κ2) is 8.13. The maximum atomic E-state index is 12.9. The number of hydrogen-bond donors (Lipinski definition) is 1. The van der Waals surface area contributed by atoms with E-state index in [9.17, 15) is 18.3 Å². The van der Waals surface area contributed by atoms with Crippen molar-refractivity contribution in [1.29, 1.82) is 0 Å². The molecule has 2 rings (SSSR count). The van der Waals surface area contributed by atoms with E-state index < -0.39 is 16.0 Å². The van der Waals surface area contributed by atoms with E-state index in [1.54, 1.807) is 6.92 Å². The van der Waals surface area contributed by atoms with Crippen molar-refractivity contribution in [3.05, 3.63) is 59.7 Å². The van der Waals surface area contributed by atoms with Crippen LogP contribution in [-0.4, -0.2) is 44.0 Å². The number of rotatable bonds is 8. The van der Waals surface area contributed by atoms with Crippen molar-refractivity contribution in [3.8, 4) is 5.75 Å². The Hall–Kier alpha value is -2.38. The normalized spacial score (nSPS) is 11.5. The Morgan fingerprint density at radius 1 is 1.16 bits per heavy atom. The van der Waals surface area contributed by atoms with Gasteiger partial charge in [0.25, 0.3) is 0 Å². The molecule has 0 saturated heterocycles. The maximum Gasteiger partial charge on any atom is 0.339 e. The number of ether oxygens (including phenoxy) is 1. The first-order valence-electron chi connectivity index (χ1n) is 7.85. The first kappa shape index (κ1) is 19.0. The van der Waals surface area contributed by atoms with Crippen molar-refractivity contribution in [2.75, 3.05) is 20.2 Å². The summed E-state index contributed by atoms with van der Waals surface area (Å²) < 4.78 is 32.0. The van der Waals surface area contributed by atoms with Crippen LogP contribution in [0.25, 0.3) is 0 Å². The monoisotopic (exact) mass is 363 g/mol. The molecule has 0 amide bonds. The molecule has 2 aromatic rings. The van der Waals surface area contributed by atoms with Gasteiger partial charge in [-0.25, -0.2) is 13.2 Å². The highest BCUT2D eigenvalue weighted by atomic mass is 32.2. The second-order valence-corrected chi connectivity index (χ2v) is 7.34. The molecule has 6 nitrogen and oxygen atoms in total. The standard InChI is InChI=1S/C18H21NO5S/c1-3-19(12-11-14-7-5-4-6-8-14)25(22,23)15-9-10-17(24-2)16(13-15)18(20)21/h4-10,13H,3,11-12H2,1-2H3,(H,20,21). The first-order valence-corrected chi connectivity index (χ1v) is 9.29. The summed E-state index contributed by atoms with van der Waals surface area (Å²) in [6.07, 6.45) is 0.579. The van der Waals surface area contributed by atoms with Gasteiger partial charge in [0.1, 0.15) is 11.3 Å². The van der Waals surface area contributed by atoms with Crippen molar-refractivity contribution >= 4 is 16.0 Å². The highest BCUT2D eigenvalue weighted by Crippen LogP contribution is 2.24. The average Bonchev–Trinajstić information content (AvgIpc) is 2.62. The fourth-order valence-corrected chi connectivity index (χ4v) is 3.99. The van der Waals surface area contributed by atoms with Crippen molar-refractivity contribution in [1.82, 2.24) is 4.31 Å². The van der Waals surface area contributed by atoms with E-state index in [1.807, 2.05) is 30.3 Å². The molecule has 0 fully saturated rings. The van der Waals surface area contributed by atoms with E-state index in [2.05, 4.69) is 0 Å². The molecule has 0 unspecified atom stereocenters. The molecule has 25 heavy (non-hydrogen) atoms. The Kier molecular flexibility index (Phi) is 6.17. The molecule has 0 radical (unpaired) electrons. The zero-order chi connectivity index (χ0) is 18.4. The predicted octanol–water partition coefficient (Wildman–Crippen LogP) is 2.65. The smallest absolute Gasteiger partial charge is 0.339 e. The molecule has 134 valence electrons.